The third-order valence-electron chi connectivity index (χ3n) is 2.37. The van der Waals surface area contributed by atoms with Crippen LogP contribution in [0.25, 0.3) is 5.69 Å². The maximum atomic E-state index is 11.4. The van der Waals surface area contributed by atoms with Gasteiger partial charge in [0.1, 0.15) is 0 Å². The minimum absolute atomic E-state index is 0.0277. The highest BCUT2D eigenvalue weighted by atomic mass is 32.2. The Morgan fingerprint density at radius 1 is 1.28 bits per heavy atom. The highest BCUT2D eigenvalue weighted by molar-refractivity contribution is 7.89. The minimum Gasteiger partial charge on any atom is -0.212 e. The topological polar surface area (TPSA) is 89.8 Å². The normalized spacial score (nSPS) is 11.6. The summed E-state index contributed by atoms with van der Waals surface area (Å²) in [6, 6.07) is 9.28. The lowest BCUT2D eigenvalue weighted by molar-refractivity contribution is 0.579. The quantitative estimate of drug-likeness (QED) is 0.830. The van der Waals surface area contributed by atoms with E-state index in [2.05, 4.69) is 20.2 Å². The molecule has 0 amide bonds. The van der Waals surface area contributed by atoms with Gasteiger partial charge in [0.05, 0.1) is 18.0 Å². The van der Waals surface area contributed by atoms with Crippen molar-refractivity contribution in [3.63, 3.8) is 0 Å². The summed E-state index contributed by atoms with van der Waals surface area (Å²) in [7, 11) is -3.25. The number of benzene rings is 1. The summed E-state index contributed by atoms with van der Waals surface area (Å²) in [6.07, 6.45) is 0. The van der Waals surface area contributed by atoms with E-state index in [-0.39, 0.29) is 12.3 Å². The van der Waals surface area contributed by atoms with Crippen LogP contribution in [0, 0.1) is 0 Å². The van der Waals surface area contributed by atoms with Gasteiger partial charge in [0.2, 0.25) is 10.0 Å². The van der Waals surface area contributed by atoms with Gasteiger partial charge in [-0.2, -0.15) is 4.68 Å². The predicted octanol–water partition coefficient (Wildman–Crippen LogP) is 0.102. The van der Waals surface area contributed by atoms with Crippen molar-refractivity contribution in [3.8, 4) is 5.69 Å². The van der Waals surface area contributed by atoms with Crippen LogP contribution in [0.5, 0.6) is 0 Å². The SMILES string of the molecule is CCS(=O)(=O)NCc1nnnn1-c1ccccc1. The average molecular weight is 267 g/mol. The molecule has 1 aromatic heterocycles. The molecule has 18 heavy (non-hydrogen) atoms. The van der Waals surface area contributed by atoms with Gasteiger partial charge in [-0.25, -0.2) is 13.1 Å². The maximum Gasteiger partial charge on any atom is 0.211 e. The van der Waals surface area contributed by atoms with Gasteiger partial charge in [0.25, 0.3) is 0 Å². The van der Waals surface area contributed by atoms with Gasteiger partial charge >= 0.3 is 0 Å². The number of hydrogen-bond acceptors (Lipinski definition) is 5. The van der Waals surface area contributed by atoms with Crippen LogP contribution in [-0.2, 0) is 16.6 Å². The van der Waals surface area contributed by atoms with E-state index in [1.54, 1.807) is 6.92 Å². The Balaban J connectivity index is 2.19. The van der Waals surface area contributed by atoms with Crippen LogP contribution in [0.4, 0.5) is 0 Å². The molecule has 0 radical (unpaired) electrons. The van der Waals surface area contributed by atoms with Crippen LogP contribution in [0.2, 0.25) is 0 Å². The lowest BCUT2D eigenvalue weighted by atomic mass is 10.3. The molecule has 0 saturated carbocycles. The predicted molar refractivity (Wildman–Crippen MR) is 65.5 cm³/mol. The molecule has 0 atom stereocenters. The molecule has 1 aromatic carbocycles. The molecule has 0 aliphatic rings. The molecule has 0 fully saturated rings. The largest absolute Gasteiger partial charge is 0.212 e. The summed E-state index contributed by atoms with van der Waals surface area (Å²) in [5.41, 5.74) is 0.785. The summed E-state index contributed by atoms with van der Waals surface area (Å²) in [4.78, 5) is 0. The molecule has 1 heterocycles. The summed E-state index contributed by atoms with van der Waals surface area (Å²) < 4.78 is 26.6. The van der Waals surface area contributed by atoms with Gasteiger partial charge in [-0.15, -0.1) is 5.10 Å². The summed E-state index contributed by atoms with van der Waals surface area (Å²) >= 11 is 0. The lowest BCUT2D eigenvalue weighted by Crippen LogP contribution is -2.26. The van der Waals surface area contributed by atoms with Crippen molar-refractivity contribution in [2.24, 2.45) is 0 Å². The monoisotopic (exact) mass is 267 g/mol. The zero-order valence-corrected chi connectivity index (χ0v) is 10.6. The van der Waals surface area contributed by atoms with Gasteiger partial charge < -0.3 is 0 Å². The van der Waals surface area contributed by atoms with Gasteiger partial charge in [-0.3, -0.25) is 0 Å². The second-order valence-corrected chi connectivity index (χ2v) is 5.66. The van der Waals surface area contributed by atoms with Gasteiger partial charge in [-0.05, 0) is 29.5 Å². The Labute approximate surface area is 105 Å². The van der Waals surface area contributed by atoms with Crippen LogP contribution in [0.3, 0.4) is 0 Å². The Bertz CT molecular complexity index is 608. The minimum atomic E-state index is -3.25. The first-order valence-electron chi connectivity index (χ1n) is 5.42. The van der Waals surface area contributed by atoms with E-state index in [1.165, 1.54) is 4.68 Å². The molecular weight excluding hydrogens is 254 g/mol. The van der Waals surface area contributed by atoms with Crippen LogP contribution >= 0.6 is 0 Å². The third-order valence-corrected chi connectivity index (χ3v) is 3.71. The second kappa shape index (κ2) is 5.23. The second-order valence-electron chi connectivity index (χ2n) is 3.57. The Hall–Kier alpha value is -1.80. The van der Waals surface area contributed by atoms with E-state index in [1.807, 2.05) is 30.3 Å². The van der Waals surface area contributed by atoms with Crippen molar-refractivity contribution in [3.05, 3.63) is 36.2 Å². The number of tetrazole rings is 1. The molecule has 2 aromatic rings. The zero-order valence-electron chi connectivity index (χ0n) is 9.81. The molecule has 0 aliphatic carbocycles. The van der Waals surface area contributed by atoms with Crippen molar-refractivity contribution in [2.45, 2.75) is 13.5 Å². The van der Waals surface area contributed by atoms with Crippen molar-refractivity contribution >= 4 is 10.0 Å². The van der Waals surface area contributed by atoms with E-state index in [9.17, 15) is 8.42 Å². The summed E-state index contributed by atoms with van der Waals surface area (Å²) in [5.74, 6) is 0.470. The Morgan fingerprint density at radius 2 is 2.00 bits per heavy atom. The first-order valence-corrected chi connectivity index (χ1v) is 7.07. The molecule has 1 N–H and O–H groups in total. The van der Waals surface area contributed by atoms with Gasteiger partial charge in [0.15, 0.2) is 5.82 Å². The van der Waals surface area contributed by atoms with Gasteiger partial charge in [0, 0.05) is 0 Å². The number of rotatable bonds is 5. The van der Waals surface area contributed by atoms with Crippen LogP contribution in [0.1, 0.15) is 12.7 Å². The molecule has 0 unspecified atom stereocenters. The van der Waals surface area contributed by atoms with E-state index in [0.29, 0.717) is 5.82 Å². The molecule has 96 valence electrons. The molecule has 0 spiro atoms. The van der Waals surface area contributed by atoms with E-state index >= 15 is 0 Å². The molecule has 0 saturated heterocycles. The standard InChI is InChI=1S/C10H13N5O2S/c1-2-18(16,17)11-8-10-12-13-14-15(10)9-6-4-3-5-7-9/h3-7,11H,2,8H2,1H3. The van der Waals surface area contributed by atoms with E-state index in [4.69, 9.17) is 0 Å². The number of sulfonamides is 1. The molecule has 0 bridgehead atoms. The molecule has 0 aliphatic heterocycles. The lowest BCUT2D eigenvalue weighted by Gasteiger charge is -2.05. The molecule has 8 heteroatoms. The number of hydrogen-bond donors (Lipinski definition) is 1. The Morgan fingerprint density at radius 3 is 2.67 bits per heavy atom. The number of para-hydroxylation sites is 1. The highest BCUT2D eigenvalue weighted by Gasteiger charge is 2.11. The number of nitrogens with zero attached hydrogens (tertiary/aromatic N) is 4. The van der Waals surface area contributed by atoms with Crippen molar-refractivity contribution in [2.75, 3.05) is 5.75 Å². The highest BCUT2D eigenvalue weighted by Crippen LogP contribution is 2.06. The number of nitrogens with one attached hydrogen (secondary N) is 1. The van der Waals surface area contributed by atoms with E-state index < -0.39 is 10.0 Å². The zero-order chi connectivity index (χ0) is 13.0. The third kappa shape index (κ3) is 2.90. The summed E-state index contributed by atoms with van der Waals surface area (Å²) in [5, 5.41) is 11.2. The van der Waals surface area contributed by atoms with Crippen molar-refractivity contribution < 1.29 is 8.42 Å². The molecular formula is C10H13N5O2S. The van der Waals surface area contributed by atoms with Crippen LogP contribution < -0.4 is 4.72 Å². The van der Waals surface area contributed by atoms with Crippen molar-refractivity contribution in [1.29, 1.82) is 0 Å². The first kappa shape index (κ1) is 12.7. The maximum absolute atomic E-state index is 11.4. The van der Waals surface area contributed by atoms with Crippen LogP contribution in [-0.4, -0.2) is 34.4 Å². The molecule has 7 nitrogen and oxygen atoms in total. The van der Waals surface area contributed by atoms with Crippen molar-refractivity contribution in [1.82, 2.24) is 24.9 Å². The summed E-state index contributed by atoms with van der Waals surface area (Å²) in [6.45, 7) is 1.64. The van der Waals surface area contributed by atoms with Crippen LogP contribution in [0.15, 0.2) is 30.3 Å². The van der Waals surface area contributed by atoms with E-state index in [0.717, 1.165) is 5.69 Å². The fourth-order valence-electron chi connectivity index (χ4n) is 1.36. The smallest absolute Gasteiger partial charge is 0.211 e. The fourth-order valence-corrected chi connectivity index (χ4v) is 1.92. The number of aromatic nitrogens is 4. The van der Waals surface area contributed by atoms with Gasteiger partial charge in [-0.1, -0.05) is 18.2 Å². The Kier molecular flexibility index (Phi) is 3.68. The molecule has 2 rings (SSSR count). The average Bonchev–Trinajstić information content (AvgIpc) is 2.86. The fraction of sp³-hybridized carbons (Fsp3) is 0.300. The first-order chi connectivity index (χ1) is 8.62.